The SMILES string of the molecule is C=CCn1cnc2c3c(sc2c1=O)CC(C)(C)OC3. The lowest BCUT2D eigenvalue weighted by Gasteiger charge is -2.29. The van der Waals surface area contributed by atoms with Gasteiger partial charge < -0.3 is 4.74 Å². The van der Waals surface area contributed by atoms with Crippen LogP contribution in [-0.4, -0.2) is 15.2 Å². The minimum atomic E-state index is -0.159. The fourth-order valence-electron chi connectivity index (χ4n) is 2.36. The van der Waals surface area contributed by atoms with Crippen LogP contribution in [0.1, 0.15) is 24.3 Å². The molecule has 0 N–H and O–H groups in total. The highest BCUT2D eigenvalue weighted by molar-refractivity contribution is 7.19. The van der Waals surface area contributed by atoms with Crippen LogP contribution >= 0.6 is 11.3 Å². The number of thiophene rings is 1. The Kier molecular flexibility index (Phi) is 2.83. The van der Waals surface area contributed by atoms with Crippen molar-refractivity contribution >= 4 is 21.6 Å². The quantitative estimate of drug-likeness (QED) is 0.792. The van der Waals surface area contributed by atoms with Crippen molar-refractivity contribution < 1.29 is 4.74 Å². The van der Waals surface area contributed by atoms with Crippen LogP contribution in [-0.2, 0) is 24.3 Å². The zero-order valence-corrected chi connectivity index (χ0v) is 11.9. The van der Waals surface area contributed by atoms with Crippen molar-refractivity contribution in [2.45, 2.75) is 39.0 Å². The molecule has 0 atom stereocenters. The summed E-state index contributed by atoms with van der Waals surface area (Å²) in [6.07, 6.45) is 4.14. The van der Waals surface area contributed by atoms with E-state index in [2.05, 4.69) is 25.4 Å². The normalized spacial score (nSPS) is 17.4. The van der Waals surface area contributed by atoms with Gasteiger partial charge >= 0.3 is 0 Å². The molecule has 0 amide bonds. The van der Waals surface area contributed by atoms with Gasteiger partial charge in [0.1, 0.15) is 4.70 Å². The lowest BCUT2D eigenvalue weighted by molar-refractivity contribution is -0.0383. The van der Waals surface area contributed by atoms with Crippen LogP contribution in [0.3, 0.4) is 0 Å². The van der Waals surface area contributed by atoms with Crippen LogP contribution in [0.25, 0.3) is 10.2 Å². The van der Waals surface area contributed by atoms with E-state index >= 15 is 0 Å². The number of hydrogen-bond donors (Lipinski definition) is 0. The van der Waals surface area contributed by atoms with Gasteiger partial charge in [-0.1, -0.05) is 6.08 Å². The first kappa shape index (κ1) is 12.6. The van der Waals surface area contributed by atoms with E-state index < -0.39 is 0 Å². The van der Waals surface area contributed by atoms with Gasteiger partial charge in [-0.05, 0) is 13.8 Å². The topological polar surface area (TPSA) is 44.1 Å². The van der Waals surface area contributed by atoms with Crippen molar-refractivity contribution in [3.05, 3.63) is 39.8 Å². The third-order valence-corrected chi connectivity index (χ3v) is 4.57. The number of nitrogens with zero attached hydrogens (tertiary/aromatic N) is 2. The minimum Gasteiger partial charge on any atom is -0.370 e. The van der Waals surface area contributed by atoms with Gasteiger partial charge in [0.2, 0.25) is 0 Å². The third kappa shape index (κ3) is 2.03. The van der Waals surface area contributed by atoms with Crippen LogP contribution in [0.2, 0.25) is 0 Å². The zero-order chi connectivity index (χ0) is 13.6. The van der Waals surface area contributed by atoms with E-state index in [9.17, 15) is 4.79 Å². The van der Waals surface area contributed by atoms with Gasteiger partial charge in [-0.3, -0.25) is 9.36 Å². The predicted octanol–water partition coefficient (Wildman–Crippen LogP) is 2.50. The summed E-state index contributed by atoms with van der Waals surface area (Å²) in [7, 11) is 0. The maximum Gasteiger partial charge on any atom is 0.271 e. The van der Waals surface area contributed by atoms with Crippen molar-refractivity contribution in [3.8, 4) is 0 Å². The second kappa shape index (κ2) is 4.28. The minimum absolute atomic E-state index is 0.0158. The van der Waals surface area contributed by atoms with Crippen molar-refractivity contribution in [2.24, 2.45) is 0 Å². The molecular weight excluding hydrogens is 260 g/mol. The molecule has 1 aliphatic rings. The monoisotopic (exact) mass is 276 g/mol. The first-order valence-electron chi connectivity index (χ1n) is 6.26. The highest BCUT2D eigenvalue weighted by Crippen LogP contribution is 2.36. The predicted molar refractivity (Wildman–Crippen MR) is 76.6 cm³/mol. The molecule has 2 aromatic heterocycles. The van der Waals surface area contributed by atoms with Crippen molar-refractivity contribution in [1.82, 2.24) is 9.55 Å². The molecule has 100 valence electrons. The zero-order valence-electron chi connectivity index (χ0n) is 11.1. The van der Waals surface area contributed by atoms with E-state index in [-0.39, 0.29) is 11.2 Å². The van der Waals surface area contributed by atoms with Gasteiger partial charge in [0.15, 0.2) is 0 Å². The Morgan fingerprint density at radius 3 is 3.16 bits per heavy atom. The second-order valence-electron chi connectivity index (χ2n) is 5.40. The summed E-state index contributed by atoms with van der Waals surface area (Å²) in [4.78, 5) is 18.0. The lowest BCUT2D eigenvalue weighted by atomic mass is 9.98. The fraction of sp³-hybridized carbons (Fsp3) is 0.429. The summed E-state index contributed by atoms with van der Waals surface area (Å²) in [5, 5.41) is 0. The number of ether oxygens (including phenoxy) is 1. The summed E-state index contributed by atoms with van der Waals surface area (Å²) >= 11 is 1.56. The summed E-state index contributed by atoms with van der Waals surface area (Å²) in [6, 6.07) is 0. The van der Waals surface area contributed by atoms with E-state index in [1.165, 1.54) is 4.88 Å². The average molecular weight is 276 g/mol. The standard InChI is InChI=1S/C14H16N2O2S/c1-4-5-16-8-15-11-9-7-18-14(2,3)6-10(9)19-12(11)13(16)17/h4,8H,1,5-7H2,2-3H3. The summed E-state index contributed by atoms with van der Waals surface area (Å²) in [6.45, 7) is 8.84. The van der Waals surface area contributed by atoms with E-state index in [1.807, 2.05) is 0 Å². The number of fused-ring (bicyclic) bond motifs is 3. The molecule has 0 saturated heterocycles. The average Bonchev–Trinajstić information content (AvgIpc) is 2.70. The Labute approximate surface area is 115 Å². The highest BCUT2D eigenvalue weighted by atomic mass is 32.1. The van der Waals surface area contributed by atoms with Crippen molar-refractivity contribution in [3.63, 3.8) is 0 Å². The molecule has 0 radical (unpaired) electrons. The first-order chi connectivity index (χ1) is 9.02. The Balaban J connectivity index is 2.20. The Morgan fingerprint density at radius 2 is 2.42 bits per heavy atom. The number of aromatic nitrogens is 2. The molecule has 0 aromatic carbocycles. The van der Waals surface area contributed by atoms with Crippen LogP contribution in [0.15, 0.2) is 23.8 Å². The van der Waals surface area contributed by atoms with Crippen LogP contribution in [0, 0.1) is 0 Å². The van der Waals surface area contributed by atoms with Gasteiger partial charge in [0, 0.05) is 23.4 Å². The molecule has 2 aromatic rings. The van der Waals surface area contributed by atoms with E-state index in [1.54, 1.807) is 28.3 Å². The first-order valence-corrected chi connectivity index (χ1v) is 7.08. The number of hydrogen-bond acceptors (Lipinski definition) is 4. The van der Waals surface area contributed by atoms with Crippen LogP contribution < -0.4 is 5.56 Å². The van der Waals surface area contributed by atoms with E-state index in [4.69, 9.17) is 4.74 Å². The molecule has 0 spiro atoms. The maximum absolute atomic E-state index is 12.3. The summed E-state index contributed by atoms with van der Waals surface area (Å²) in [5.74, 6) is 0. The van der Waals surface area contributed by atoms with Crippen LogP contribution in [0.4, 0.5) is 0 Å². The maximum atomic E-state index is 12.3. The number of rotatable bonds is 2. The molecule has 3 heterocycles. The summed E-state index contributed by atoms with van der Waals surface area (Å²) < 4.78 is 8.14. The Hall–Kier alpha value is -1.46. The molecule has 0 saturated carbocycles. The third-order valence-electron chi connectivity index (χ3n) is 3.36. The molecule has 5 heteroatoms. The van der Waals surface area contributed by atoms with E-state index in [0.29, 0.717) is 13.2 Å². The highest BCUT2D eigenvalue weighted by Gasteiger charge is 2.30. The Morgan fingerprint density at radius 1 is 1.63 bits per heavy atom. The van der Waals surface area contributed by atoms with Gasteiger partial charge in [-0.15, -0.1) is 17.9 Å². The lowest BCUT2D eigenvalue weighted by Crippen LogP contribution is -2.30. The van der Waals surface area contributed by atoms with Gasteiger partial charge in [0.05, 0.1) is 24.1 Å². The number of allylic oxidation sites excluding steroid dienone is 1. The molecular formula is C14H16N2O2S. The molecule has 4 nitrogen and oxygen atoms in total. The van der Waals surface area contributed by atoms with Gasteiger partial charge in [-0.2, -0.15) is 0 Å². The molecule has 0 fully saturated rings. The molecule has 0 aliphatic carbocycles. The summed E-state index contributed by atoms with van der Waals surface area (Å²) in [5.41, 5.74) is 1.75. The van der Waals surface area contributed by atoms with Gasteiger partial charge in [-0.25, -0.2) is 4.98 Å². The second-order valence-corrected chi connectivity index (χ2v) is 6.50. The van der Waals surface area contributed by atoms with Crippen molar-refractivity contribution in [2.75, 3.05) is 0 Å². The van der Waals surface area contributed by atoms with Gasteiger partial charge in [0.25, 0.3) is 5.56 Å². The molecule has 1 aliphatic heterocycles. The van der Waals surface area contributed by atoms with Crippen LogP contribution in [0.5, 0.6) is 0 Å². The molecule has 19 heavy (non-hydrogen) atoms. The molecule has 0 bridgehead atoms. The fourth-order valence-corrected chi connectivity index (χ4v) is 3.78. The van der Waals surface area contributed by atoms with E-state index in [0.717, 1.165) is 22.2 Å². The largest absolute Gasteiger partial charge is 0.370 e. The smallest absolute Gasteiger partial charge is 0.271 e. The van der Waals surface area contributed by atoms with Crippen molar-refractivity contribution in [1.29, 1.82) is 0 Å². The molecule has 3 rings (SSSR count). The molecule has 0 unspecified atom stereocenters. The Bertz CT molecular complexity index is 712.